The van der Waals surface area contributed by atoms with Crippen molar-refractivity contribution in [3.8, 4) is 34.9 Å². The summed E-state index contributed by atoms with van der Waals surface area (Å²) in [7, 11) is 0. The maximum Gasteiger partial charge on any atom is 0.408 e. The average Bonchev–Trinajstić information content (AvgIpc) is 1.57. The van der Waals surface area contributed by atoms with Gasteiger partial charge in [-0.1, -0.05) is 140 Å². The molecule has 10 aliphatic rings. The van der Waals surface area contributed by atoms with Gasteiger partial charge in [0.05, 0.1) is 88.4 Å². The zero-order valence-corrected chi connectivity index (χ0v) is 91.9. The van der Waals surface area contributed by atoms with Crippen molar-refractivity contribution >= 4 is 88.0 Å². The van der Waals surface area contributed by atoms with Crippen molar-refractivity contribution in [2.75, 3.05) is 19.6 Å². The maximum absolute atomic E-state index is 14.3. The van der Waals surface area contributed by atoms with Gasteiger partial charge in [0.1, 0.15) is 107 Å². The Labute approximate surface area is 906 Å². The summed E-state index contributed by atoms with van der Waals surface area (Å²) in [6, 6.07) is 11.3. The second-order valence-electron chi connectivity index (χ2n) is 45.2. The van der Waals surface area contributed by atoms with Gasteiger partial charge in [-0.25, -0.2) is 63.1 Å². The first-order valence-electron chi connectivity index (χ1n) is 51.9. The number of aromatic nitrogens is 12. The van der Waals surface area contributed by atoms with Gasteiger partial charge >= 0.3 is 18.3 Å². The van der Waals surface area contributed by atoms with Gasteiger partial charge < -0.3 is 87.7 Å². The summed E-state index contributed by atoms with van der Waals surface area (Å²) in [4.78, 5) is 179. The summed E-state index contributed by atoms with van der Waals surface area (Å²) in [5.74, 6) is 2.63. The number of fused-ring (bicyclic) bond motifs is 17. The molecule has 149 heavy (non-hydrogen) atoms. The third-order valence-electron chi connectivity index (χ3n) is 31.3. The summed E-state index contributed by atoms with van der Waals surface area (Å²) in [6.07, 6.45) is 36.4. The Morgan fingerprint density at radius 3 is 1.07 bits per heavy atom. The minimum absolute atomic E-state index is 0. The number of benzene rings is 3. The van der Waals surface area contributed by atoms with Gasteiger partial charge in [0.25, 0.3) is 0 Å². The molecule has 6 aliphatic heterocycles. The molecule has 3 saturated heterocycles. The Hall–Kier alpha value is -11.3. The van der Waals surface area contributed by atoms with Crippen LogP contribution in [0.1, 0.15) is 254 Å². The Balaban J connectivity index is 0.000000174. The molecule has 9 aromatic rings. The van der Waals surface area contributed by atoms with Gasteiger partial charge in [-0.3, -0.25) is 44.3 Å². The Bertz CT molecular complexity index is 6240. The van der Waals surface area contributed by atoms with Crippen LogP contribution in [0.5, 0.6) is 34.9 Å². The summed E-state index contributed by atoms with van der Waals surface area (Å²) in [5.41, 5.74) is 4.58. The van der Waals surface area contributed by atoms with E-state index in [-0.39, 0.29) is 148 Å². The second kappa shape index (κ2) is 48.1. The largest absolute Gasteiger partial charge is 0.540 e. The molecule has 7 fully saturated rings. The molecule has 6 aromatic heterocycles. The fourth-order valence-electron chi connectivity index (χ4n) is 22.4. The second-order valence-corrected chi connectivity index (χ2v) is 45.2. The summed E-state index contributed by atoms with van der Waals surface area (Å²) in [5, 5.41) is 8.64. The number of amides is 6. The van der Waals surface area contributed by atoms with E-state index < -0.39 is 106 Å². The number of aryl methyl sites for hydroxylation is 3. The summed E-state index contributed by atoms with van der Waals surface area (Å²) < 4.78 is 55.9. The third-order valence-corrected chi connectivity index (χ3v) is 31.3. The zero-order chi connectivity index (χ0) is 103. The molecule has 39 heteroatoms. The minimum Gasteiger partial charge on any atom is -0.540 e. The fraction of sp³-hybridized carbons (Fsp3) is 0.591. The number of carbonyl (C=O) groups excluding carboxylic acids is 9. The van der Waals surface area contributed by atoms with Crippen molar-refractivity contribution in [2.24, 2.45) is 63.6 Å². The van der Waals surface area contributed by atoms with E-state index in [9.17, 15) is 43.2 Å². The van der Waals surface area contributed by atoms with Crippen LogP contribution >= 0.6 is 0 Å². The van der Waals surface area contributed by atoms with Crippen molar-refractivity contribution in [3.05, 3.63) is 145 Å². The average molecular weight is 2150 g/mol. The molecule has 6 amide bonds. The van der Waals surface area contributed by atoms with Gasteiger partial charge in [-0.05, 0) is 205 Å². The van der Waals surface area contributed by atoms with E-state index in [4.69, 9.17) is 72.5 Å². The Morgan fingerprint density at radius 1 is 0.396 bits per heavy atom. The first-order valence-corrected chi connectivity index (χ1v) is 51.9. The quantitative estimate of drug-likeness (QED) is 0.0755. The molecule has 4 saturated carbocycles. The minimum atomic E-state index is -0.930. The van der Waals surface area contributed by atoms with Crippen LogP contribution in [0.25, 0.3) is 33.1 Å². The first kappa shape index (κ1) is 113. The van der Waals surface area contributed by atoms with Gasteiger partial charge in [-0.2, -0.15) is 0 Å². The predicted molar refractivity (Wildman–Crippen MR) is 537 cm³/mol. The Kier molecular flexibility index (Phi) is 36.6. The molecule has 36 nitrogen and oxygen atoms in total. The molecule has 3 N–H and O–H groups in total. The van der Waals surface area contributed by atoms with E-state index in [1.807, 2.05) is 152 Å². The normalized spacial score (nSPS) is 28.9. The van der Waals surface area contributed by atoms with Crippen LogP contribution in [0.2, 0.25) is 0 Å². The number of nitrogens with one attached hydrogen (secondary N) is 3. The summed E-state index contributed by atoms with van der Waals surface area (Å²) in [6.45, 7) is 29.8. The van der Waals surface area contributed by atoms with Gasteiger partial charge in [-0.15, -0.1) is 0 Å². The van der Waals surface area contributed by atoms with Crippen LogP contribution < -0.4 is 44.4 Å². The molecule has 3 radical (unpaired) electrons. The molecule has 20 atom stereocenters. The standard InChI is InChI=1S/C38H47N6O6.C37H47N6O6.C35H43N6O6.3V/c1-22-31(20-45)44-19-32(22)49-34-29(41-28-12-11-25(16-30(28)42-34)48-21-24-18-39-13-14-40-24)10-8-6-7-9-27-26-15-23(26)17-38(27,5)50-36(47)43-33(35(44)46)37(2,3)4;1-23-30(21-44)43-20-31(23)48-33-28(40-27-14-13-26(18-29(27)41-33)47-22-25-19-38-16-17-39-25)12-8-6-7-10-24-11-9-15-37(24,5)49-35(46)42-32(34(43)45)36(2,3)4;1-21-28(19-42)41-18-29(21)46-31-26(38-25-12-11-24(15-27(25)39-31)45-20-23-17-36-13-14-37-23)10-8-6-7-9-22-16-35(22,5)47-33(44)40-30(32(41)43)34(2,3)4;;;/h11-14,16,18,22-23,26-27,31-33H,6-10,15,17,19,21H2,1-5H3,(H,43,47);13-14,16-19,23-24,30-32H,6-12,15,20,22H2,1-5H3,(H,42,46);11-15,17,21-22,28-30H,6-10,16,18,20H2,1-5H3,(H,40,44);;;/q3*-1;;;/t22-,23?,26?,27+,31+,32-,33+,38+;23-,24+,30+,31-,32+,37+;21-,22+,28+,29-,30+,35+;;;/m000.../s1. The topological polar surface area (TPSA) is 437 Å². The van der Waals surface area contributed by atoms with Crippen LogP contribution in [0.4, 0.5) is 14.4 Å². The number of hydrogen-bond acceptors (Lipinski definition) is 30. The van der Waals surface area contributed by atoms with Crippen molar-refractivity contribution in [1.29, 1.82) is 0 Å². The number of nitrogens with zero attached hydrogens (tertiary/aromatic N) is 15. The monoisotopic (exact) mass is 2150 g/mol. The molecule has 0 spiro atoms. The van der Waals surface area contributed by atoms with Crippen LogP contribution in [0, 0.1) is 63.6 Å². The van der Waals surface area contributed by atoms with E-state index in [1.54, 1.807) is 55.8 Å². The van der Waals surface area contributed by atoms with Crippen LogP contribution in [0.3, 0.4) is 0 Å². The molecule has 19 rings (SSSR count). The van der Waals surface area contributed by atoms with E-state index in [0.29, 0.717) is 111 Å². The molecule has 2 unspecified atom stereocenters. The van der Waals surface area contributed by atoms with E-state index in [0.717, 1.165) is 132 Å². The van der Waals surface area contributed by atoms with Crippen molar-refractivity contribution < 1.29 is 141 Å². The van der Waals surface area contributed by atoms with Gasteiger partial charge in [0, 0.05) is 123 Å². The molecule has 793 valence electrons. The van der Waals surface area contributed by atoms with E-state index >= 15 is 0 Å². The van der Waals surface area contributed by atoms with Crippen molar-refractivity contribution in [3.63, 3.8) is 0 Å². The number of carbonyl (C=O) groups is 6. The van der Waals surface area contributed by atoms with Gasteiger partial charge in [0.2, 0.25) is 35.4 Å². The first-order chi connectivity index (χ1) is 69.8. The number of hydrogen-bond donors (Lipinski definition) is 3. The predicted octanol–water partition coefficient (Wildman–Crippen LogP) is 15.6. The van der Waals surface area contributed by atoms with Crippen molar-refractivity contribution in [2.45, 2.75) is 330 Å². The molecule has 4 aliphatic carbocycles. The molecular weight excluding hydrogens is 2010 g/mol. The van der Waals surface area contributed by atoms with Crippen molar-refractivity contribution in [1.82, 2.24) is 90.5 Å². The number of rotatable bonds is 12. The Morgan fingerprint density at radius 2 is 0.732 bits per heavy atom. The zero-order valence-electron chi connectivity index (χ0n) is 87.7. The number of alkyl carbamates (subject to hydrolysis) is 3. The molecular formula is C110H137N18O18V3-3. The SMILES string of the molecule is C[C@@H]1[C@@H]2CN(C(=O)[C@H](C(C)(C)C)NC(=O)O[C@]3(C)CC4CC4[C@H]3CCCCCc3nc4ccc(OCc5cnccn5)cc4nc3O2)[C@@H]1[C-]=O.C[C@@H]1[C@@H]2CN(C(=O)[C@H](C(C)(C)C)NC(=O)O[C@]3(C)CCC[C@H]3CCCCCc3nc4ccc(OCc5cnccn5)cc4nc3O2)[C@@H]1[C-]=O.C[C@@H]1[C@@H]2CN(C(=O)[C@H](C(C)(C)C)NC(=O)O[C@]3(C)C[C@H]3CCCCCc3nc4ccc(OCc5cnccn5)cc4nc3O2)[C@@H]1[C-]=O.[V].[V].[V]. The van der Waals surface area contributed by atoms with Crippen LogP contribution in [-0.2, 0) is 138 Å². The number of ether oxygens (including phenoxy) is 9. The van der Waals surface area contributed by atoms with E-state index in [2.05, 4.69) is 71.6 Å². The third kappa shape index (κ3) is 26.7. The van der Waals surface area contributed by atoms with Gasteiger partial charge in [0.15, 0.2) is 0 Å². The fourth-order valence-corrected chi connectivity index (χ4v) is 22.4. The molecule has 3 aromatic carbocycles. The van der Waals surface area contributed by atoms with E-state index in [1.165, 1.54) is 21.1 Å². The smallest absolute Gasteiger partial charge is 0.408 e. The van der Waals surface area contributed by atoms with Crippen LogP contribution in [-0.4, -0.2) is 220 Å². The molecule has 6 bridgehead atoms. The maximum atomic E-state index is 14.3. The molecule has 12 heterocycles. The van der Waals surface area contributed by atoms with Crippen LogP contribution in [0.15, 0.2) is 110 Å². The summed E-state index contributed by atoms with van der Waals surface area (Å²) >= 11 is 0.